The molecule has 0 radical (unpaired) electrons. The Labute approximate surface area is 145 Å². The van der Waals surface area contributed by atoms with Crippen molar-refractivity contribution in [3.63, 3.8) is 0 Å². The summed E-state index contributed by atoms with van der Waals surface area (Å²) in [4.78, 5) is 46.7. The Balaban J connectivity index is 2.80. The van der Waals surface area contributed by atoms with E-state index in [0.717, 1.165) is 0 Å². The fourth-order valence-electron chi connectivity index (χ4n) is 2.09. The summed E-state index contributed by atoms with van der Waals surface area (Å²) < 4.78 is 5.14. The molecule has 8 nitrogen and oxygen atoms in total. The van der Waals surface area contributed by atoms with Gasteiger partial charge in [0.25, 0.3) is 5.91 Å². The summed E-state index contributed by atoms with van der Waals surface area (Å²) in [5.41, 5.74) is 10.5. The first-order valence-corrected chi connectivity index (χ1v) is 7.71. The van der Waals surface area contributed by atoms with Crippen LogP contribution in [0.1, 0.15) is 54.3 Å². The normalized spacial score (nSPS) is 12.1. The second-order valence-electron chi connectivity index (χ2n) is 6.48. The zero-order valence-electron chi connectivity index (χ0n) is 14.5. The molecule has 1 atom stereocenters. The minimum Gasteiger partial charge on any atom is -0.460 e. The van der Waals surface area contributed by atoms with Gasteiger partial charge in [0.2, 0.25) is 5.91 Å². The molecule has 25 heavy (non-hydrogen) atoms. The molecule has 2 amide bonds. The van der Waals surface area contributed by atoms with Crippen LogP contribution in [-0.4, -0.2) is 35.7 Å². The maximum Gasteiger partial charge on any atom is 0.306 e. The van der Waals surface area contributed by atoms with Crippen molar-refractivity contribution in [2.24, 2.45) is 5.73 Å². The summed E-state index contributed by atoms with van der Waals surface area (Å²) in [6, 6.07) is 3.31. The number of carbonyl (C=O) groups excluding carboxylic acids is 4. The van der Waals surface area contributed by atoms with E-state index < -0.39 is 29.4 Å². The molecular weight excluding hydrogens is 326 g/mol. The number of nitrogens with one attached hydrogen (secondary N) is 1. The Bertz CT molecular complexity index is 679. The fourth-order valence-corrected chi connectivity index (χ4v) is 2.09. The highest BCUT2D eigenvalue weighted by Crippen LogP contribution is 2.15. The van der Waals surface area contributed by atoms with E-state index in [1.165, 1.54) is 18.2 Å². The molecule has 0 spiro atoms. The van der Waals surface area contributed by atoms with Crippen LogP contribution >= 0.6 is 0 Å². The topological polar surface area (TPSA) is 142 Å². The lowest BCUT2D eigenvalue weighted by atomic mass is 10.0. The average molecular weight is 349 g/mol. The number of anilines is 1. The number of benzene rings is 1. The third kappa shape index (κ3) is 6.25. The van der Waals surface area contributed by atoms with Crippen LogP contribution in [0.2, 0.25) is 0 Å². The standard InChI is InChI=1S/C17H23N3O5/c1-17(2,3)25-14(22)8-7-13(15(19)23)20-16(24)10-5-4-6-12(18)11(10)9-21/h4-6,9,13H,7-8,18H2,1-3H3,(H2,19,23)(H,20,24). The summed E-state index contributed by atoms with van der Waals surface area (Å²) in [6.07, 6.45) is 0.349. The van der Waals surface area contributed by atoms with E-state index in [1.807, 2.05) is 0 Å². The Hall–Kier alpha value is -2.90. The lowest BCUT2D eigenvalue weighted by Crippen LogP contribution is -2.45. The first kappa shape index (κ1) is 20.1. The Morgan fingerprint density at radius 1 is 1.28 bits per heavy atom. The van der Waals surface area contributed by atoms with E-state index in [4.69, 9.17) is 16.2 Å². The van der Waals surface area contributed by atoms with Crippen molar-refractivity contribution in [1.29, 1.82) is 0 Å². The lowest BCUT2D eigenvalue weighted by Gasteiger charge is -2.21. The van der Waals surface area contributed by atoms with Crippen molar-refractivity contribution >= 4 is 29.8 Å². The predicted octanol–water partition coefficient (Wildman–Crippen LogP) is 0.787. The summed E-state index contributed by atoms with van der Waals surface area (Å²) in [6.45, 7) is 5.16. The first-order chi connectivity index (χ1) is 11.5. The number of esters is 1. The van der Waals surface area contributed by atoms with Crippen molar-refractivity contribution in [1.82, 2.24) is 5.32 Å². The number of primary amides is 1. The number of amides is 2. The largest absolute Gasteiger partial charge is 0.460 e. The molecule has 1 aromatic rings. The highest BCUT2D eigenvalue weighted by atomic mass is 16.6. The van der Waals surface area contributed by atoms with Crippen LogP contribution in [0.4, 0.5) is 5.69 Å². The van der Waals surface area contributed by atoms with Gasteiger partial charge < -0.3 is 21.5 Å². The van der Waals surface area contributed by atoms with Gasteiger partial charge in [0, 0.05) is 17.7 Å². The van der Waals surface area contributed by atoms with Crippen LogP contribution in [0.3, 0.4) is 0 Å². The molecule has 0 saturated carbocycles. The number of nitrogen functional groups attached to an aromatic ring is 1. The van der Waals surface area contributed by atoms with Gasteiger partial charge in [-0.15, -0.1) is 0 Å². The lowest BCUT2D eigenvalue weighted by molar-refractivity contribution is -0.155. The Morgan fingerprint density at radius 2 is 1.92 bits per heavy atom. The number of nitrogens with two attached hydrogens (primary N) is 2. The van der Waals surface area contributed by atoms with Gasteiger partial charge >= 0.3 is 5.97 Å². The van der Waals surface area contributed by atoms with Crippen LogP contribution in [0.15, 0.2) is 18.2 Å². The van der Waals surface area contributed by atoms with Crippen molar-refractivity contribution < 1.29 is 23.9 Å². The van der Waals surface area contributed by atoms with Crippen LogP contribution < -0.4 is 16.8 Å². The molecule has 0 aliphatic heterocycles. The van der Waals surface area contributed by atoms with Crippen molar-refractivity contribution in [2.75, 3.05) is 5.73 Å². The van der Waals surface area contributed by atoms with Crippen LogP contribution in [0.5, 0.6) is 0 Å². The zero-order valence-corrected chi connectivity index (χ0v) is 14.5. The van der Waals surface area contributed by atoms with Crippen LogP contribution in [-0.2, 0) is 14.3 Å². The van der Waals surface area contributed by atoms with E-state index in [0.29, 0.717) is 6.29 Å². The van der Waals surface area contributed by atoms with Gasteiger partial charge in [-0.3, -0.25) is 19.2 Å². The molecule has 1 unspecified atom stereocenters. The minimum atomic E-state index is -1.08. The van der Waals surface area contributed by atoms with E-state index in [1.54, 1.807) is 20.8 Å². The summed E-state index contributed by atoms with van der Waals surface area (Å²) in [5, 5.41) is 2.42. The van der Waals surface area contributed by atoms with Gasteiger partial charge in [-0.2, -0.15) is 0 Å². The average Bonchev–Trinajstić information content (AvgIpc) is 2.48. The van der Waals surface area contributed by atoms with Crippen molar-refractivity contribution in [3.8, 4) is 0 Å². The van der Waals surface area contributed by atoms with Crippen molar-refractivity contribution in [2.45, 2.75) is 45.3 Å². The molecule has 0 saturated heterocycles. The molecule has 136 valence electrons. The molecule has 1 rings (SSSR count). The summed E-state index contributed by atoms with van der Waals surface area (Å²) in [5.74, 6) is -1.98. The highest BCUT2D eigenvalue weighted by molar-refractivity contribution is 6.05. The smallest absolute Gasteiger partial charge is 0.306 e. The van der Waals surface area contributed by atoms with Gasteiger partial charge in [-0.1, -0.05) is 6.07 Å². The quantitative estimate of drug-likeness (QED) is 0.377. The van der Waals surface area contributed by atoms with Gasteiger partial charge in [-0.25, -0.2) is 0 Å². The van der Waals surface area contributed by atoms with Crippen LogP contribution in [0.25, 0.3) is 0 Å². The fraction of sp³-hybridized carbons (Fsp3) is 0.412. The van der Waals surface area contributed by atoms with Gasteiger partial charge in [-0.05, 0) is 39.3 Å². The summed E-state index contributed by atoms with van der Waals surface area (Å²) >= 11 is 0. The Morgan fingerprint density at radius 3 is 2.44 bits per heavy atom. The van der Waals surface area contributed by atoms with Gasteiger partial charge in [0.15, 0.2) is 6.29 Å². The molecular formula is C17H23N3O5. The number of ether oxygens (including phenoxy) is 1. The number of hydrogen-bond acceptors (Lipinski definition) is 6. The molecule has 1 aromatic carbocycles. The van der Waals surface area contributed by atoms with Gasteiger partial charge in [0.05, 0.1) is 5.56 Å². The molecule has 0 aliphatic rings. The third-order valence-electron chi connectivity index (χ3n) is 3.21. The van der Waals surface area contributed by atoms with E-state index in [2.05, 4.69) is 5.32 Å². The molecule has 0 aliphatic carbocycles. The maximum absolute atomic E-state index is 12.3. The predicted molar refractivity (Wildman–Crippen MR) is 91.8 cm³/mol. The number of hydrogen-bond donors (Lipinski definition) is 3. The number of aldehydes is 1. The molecule has 8 heteroatoms. The maximum atomic E-state index is 12.3. The van der Waals surface area contributed by atoms with Crippen molar-refractivity contribution in [3.05, 3.63) is 29.3 Å². The Kier molecular flexibility index (Phi) is 6.67. The number of rotatable bonds is 7. The first-order valence-electron chi connectivity index (χ1n) is 7.71. The van der Waals surface area contributed by atoms with Crippen LogP contribution in [0, 0.1) is 0 Å². The monoisotopic (exact) mass is 349 g/mol. The van der Waals surface area contributed by atoms with E-state index in [9.17, 15) is 19.2 Å². The minimum absolute atomic E-state index is 0.0191. The molecule has 5 N–H and O–H groups in total. The SMILES string of the molecule is CC(C)(C)OC(=O)CCC(NC(=O)c1cccc(N)c1C=O)C(N)=O. The van der Waals surface area contributed by atoms with E-state index >= 15 is 0 Å². The number of carbonyl (C=O) groups is 4. The van der Waals surface area contributed by atoms with Gasteiger partial charge in [0.1, 0.15) is 11.6 Å². The summed E-state index contributed by atoms with van der Waals surface area (Å²) in [7, 11) is 0. The molecule has 0 bridgehead atoms. The molecule has 0 fully saturated rings. The highest BCUT2D eigenvalue weighted by Gasteiger charge is 2.23. The second-order valence-corrected chi connectivity index (χ2v) is 6.48. The third-order valence-corrected chi connectivity index (χ3v) is 3.21. The molecule has 0 aromatic heterocycles. The van der Waals surface area contributed by atoms with E-state index in [-0.39, 0.29) is 29.7 Å². The second kappa shape index (κ2) is 8.27. The zero-order chi connectivity index (χ0) is 19.2. The molecule has 0 heterocycles.